The molecule has 1 aliphatic heterocycles. The van der Waals surface area contributed by atoms with Crippen LogP contribution in [0.1, 0.15) is 44.3 Å². The van der Waals surface area contributed by atoms with Gasteiger partial charge in [-0.15, -0.1) is 24.0 Å². The number of hydrogen-bond donors (Lipinski definition) is 1. The van der Waals surface area contributed by atoms with Crippen LogP contribution >= 0.6 is 24.0 Å². The van der Waals surface area contributed by atoms with Gasteiger partial charge in [0.25, 0.3) is 0 Å². The fraction of sp³-hybridized carbons (Fsp3) is 0.750. The Morgan fingerprint density at radius 2 is 2.08 bits per heavy atom. The van der Waals surface area contributed by atoms with Crippen LogP contribution in [0.4, 0.5) is 0 Å². The summed E-state index contributed by atoms with van der Waals surface area (Å²) < 4.78 is 11.0. The quantitative estimate of drug-likeness (QED) is 0.369. The van der Waals surface area contributed by atoms with Gasteiger partial charge in [-0.2, -0.15) is 0 Å². The highest BCUT2D eigenvalue weighted by Crippen LogP contribution is 2.23. The second-order valence-electron chi connectivity index (χ2n) is 7.53. The number of halogens is 1. The molecule has 1 saturated carbocycles. The first-order chi connectivity index (χ1) is 12.3. The Labute approximate surface area is 175 Å². The second-order valence-corrected chi connectivity index (χ2v) is 7.53. The minimum absolute atomic E-state index is 0. The Balaban J connectivity index is 0.00000243. The SMILES string of the molecule is CN(CC1CCOC1)C(=NCC1CCCCC1)NCCc1ccco1.I. The molecule has 2 heterocycles. The van der Waals surface area contributed by atoms with Crippen molar-refractivity contribution in [2.24, 2.45) is 16.8 Å². The van der Waals surface area contributed by atoms with Gasteiger partial charge in [0.05, 0.1) is 12.9 Å². The van der Waals surface area contributed by atoms with E-state index in [1.165, 1.54) is 32.1 Å². The molecule has 1 aromatic heterocycles. The monoisotopic (exact) mass is 475 g/mol. The lowest BCUT2D eigenvalue weighted by Gasteiger charge is -2.26. The van der Waals surface area contributed by atoms with Crippen molar-refractivity contribution < 1.29 is 9.15 Å². The molecular weight excluding hydrogens is 441 g/mol. The average molecular weight is 475 g/mol. The molecule has 2 aliphatic rings. The van der Waals surface area contributed by atoms with Crippen LogP contribution in [0.2, 0.25) is 0 Å². The van der Waals surface area contributed by atoms with Gasteiger partial charge in [-0.25, -0.2) is 0 Å². The number of furan rings is 1. The van der Waals surface area contributed by atoms with Gasteiger partial charge in [0.1, 0.15) is 5.76 Å². The van der Waals surface area contributed by atoms with E-state index >= 15 is 0 Å². The van der Waals surface area contributed by atoms with Crippen LogP contribution in [0.5, 0.6) is 0 Å². The van der Waals surface area contributed by atoms with Gasteiger partial charge < -0.3 is 19.4 Å². The summed E-state index contributed by atoms with van der Waals surface area (Å²) in [6.45, 7) is 4.60. The van der Waals surface area contributed by atoms with E-state index in [2.05, 4.69) is 17.3 Å². The molecule has 1 aliphatic carbocycles. The first-order valence-electron chi connectivity index (χ1n) is 9.91. The predicted octanol–water partition coefficient (Wildman–Crippen LogP) is 3.93. The van der Waals surface area contributed by atoms with Crippen LogP contribution in [-0.2, 0) is 11.2 Å². The van der Waals surface area contributed by atoms with Gasteiger partial charge in [-0.1, -0.05) is 19.3 Å². The number of nitrogens with one attached hydrogen (secondary N) is 1. The molecule has 0 aromatic carbocycles. The predicted molar refractivity (Wildman–Crippen MR) is 116 cm³/mol. The normalized spacial score (nSPS) is 21.4. The molecule has 0 spiro atoms. The number of nitrogens with zero attached hydrogens (tertiary/aromatic N) is 2. The third-order valence-corrected chi connectivity index (χ3v) is 5.38. The van der Waals surface area contributed by atoms with E-state index in [1.807, 2.05) is 12.1 Å². The molecule has 2 fully saturated rings. The van der Waals surface area contributed by atoms with Crippen molar-refractivity contribution in [3.8, 4) is 0 Å². The molecular formula is C20H34IN3O2. The fourth-order valence-corrected chi connectivity index (χ4v) is 3.85. The van der Waals surface area contributed by atoms with E-state index < -0.39 is 0 Å². The van der Waals surface area contributed by atoms with E-state index in [-0.39, 0.29) is 24.0 Å². The van der Waals surface area contributed by atoms with Crippen molar-refractivity contribution in [1.29, 1.82) is 0 Å². The minimum Gasteiger partial charge on any atom is -0.469 e. The maximum atomic E-state index is 5.52. The highest BCUT2D eigenvalue weighted by molar-refractivity contribution is 14.0. The van der Waals surface area contributed by atoms with Gasteiger partial charge in [0, 0.05) is 45.6 Å². The van der Waals surface area contributed by atoms with Crippen molar-refractivity contribution in [3.63, 3.8) is 0 Å². The van der Waals surface area contributed by atoms with Crippen LogP contribution < -0.4 is 5.32 Å². The second kappa shape index (κ2) is 11.8. The highest BCUT2D eigenvalue weighted by Gasteiger charge is 2.20. The number of hydrogen-bond acceptors (Lipinski definition) is 3. The molecule has 0 bridgehead atoms. The first-order valence-corrected chi connectivity index (χ1v) is 9.91. The van der Waals surface area contributed by atoms with Gasteiger partial charge in [0.2, 0.25) is 0 Å². The van der Waals surface area contributed by atoms with E-state index in [0.717, 1.165) is 63.3 Å². The number of rotatable bonds is 7. The third kappa shape index (κ3) is 7.10. The highest BCUT2D eigenvalue weighted by atomic mass is 127. The standard InChI is InChI=1S/C20H33N3O2.HI/c1-23(15-18-10-13-24-16-18)20(21-11-9-19-8-5-12-25-19)22-14-17-6-3-2-4-7-17;/h5,8,12,17-18H,2-4,6-7,9-11,13-16H2,1H3,(H,21,22);1H. The number of ether oxygens (including phenoxy) is 1. The summed E-state index contributed by atoms with van der Waals surface area (Å²) in [6.07, 6.45) is 10.6. The molecule has 3 rings (SSSR count). The smallest absolute Gasteiger partial charge is 0.193 e. The minimum atomic E-state index is 0. The lowest BCUT2D eigenvalue weighted by Crippen LogP contribution is -2.42. The molecule has 26 heavy (non-hydrogen) atoms. The molecule has 1 aromatic rings. The van der Waals surface area contributed by atoms with Gasteiger partial charge in [-0.05, 0) is 37.3 Å². The topological polar surface area (TPSA) is 50.0 Å². The maximum absolute atomic E-state index is 5.52. The van der Waals surface area contributed by atoms with Crippen LogP contribution in [0.25, 0.3) is 0 Å². The van der Waals surface area contributed by atoms with E-state index in [4.69, 9.17) is 14.1 Å². The number of guanidine groups is 1. The summed E-state index contributed by atoms with van der Waals surface area (Å²) >= 11 is 0. The first kappa shape index (κ1) is 21.5. The van der Waals surface area contributed by atoms with Crippen molar-refractivity contribution in [3.05, 3.63) is 24.2 Å². The zero-order valence-electron chi connectivity index (χ0n) is 16.0. The summed E-state index contributed by atoms with van der Waals surface area (Å²) in [5, 5.41) is 3.55. The summed E-state index contributed by atoms with van der Waals surface area (Å²) in [6, 6.07) is 3.97. The van der Waals surface area contributed by atoms with Gasteiger partial charge >= 0.3 is 0 Å². The lowest BCUT2D eigenvalue weighted by atomic mass is 9.89. The molecule has 0 amide bonds. The maximum Gasteiger partial charge on any atom is 0.193 e. The largest absolute Gasteiger partial charge is 0.469 e. The van der Waals surface area contributed by atoms with Crippen LogP contribution in [0.3, 0.4) is 0 Å². The molecule has 1 N–H and O–H groups in total. The lowest BCUT2D eigenvalue weighted by molar-refractivity contribution is 0.181. The molecule has 6 heteroatoms. The summed E-state index contributed by atoms with van der Waals surface area (Å²) in [4.78, 5) is 7.25. The molecule has 148 valence electrons. The zero-order chi connectivity index (χ0) is 17.3. The van der Waals surface area contributed by atoms with Crippen LogP contribution in [0.15, 0.2) is 27.8 Å². The number of aliphatic imine (C=N–C) groups is 1. The van der Waals surface area contributed by atoms with Crippen molar-refractivity contribution in [2.45, 2.75) is 44.9 Å². The average Bonchev–Trinajstić information content (AvgIpc) is 3.32. The summed E-state index contributed by atoms with van der Waals surface area (Å²) in [5.74, 6) is 3.44. The van der Waals surface area contributed by atoms with Gasteiger partial charge in [0.15, 0.2) is 5.96 Å². The van der Waals surface area contributed by atoms with E-state index in [1.54, 1.807) is 6.26 Å². The zero-order valence-corrected chi connectivity index (χ0v) is 18.3. The Bertz CT molecular complexity index is 509. The Morgan fingerprint density at radius 3 is 2.77 bits per heavy atom. The molecule has 1 saturated heterocycles. The Kier molecular flexibility index (Phi) is 9.82. The summed E-state index contributed by atoms with van der Waals surface area (Å²) in [5.41, 5.74) is 0. The molecule has 1 unspecified atom stereocenters. The van der Waals surface area contributed by atoms with Crippen LogP contribution in [-0.4, -0.2) is 50.8 Å². The summed E-state index contributed by atoms with van der Waals surface area (Å²) in [7, 11) is 2.15. The van der Waals surface area contributed by atoms with Crippen molar-refractivity contribution in [1.82, 2.24) is 10.2 Å². The van der Waals surface area contributed by atoms with E-state index in [9.17, 15) is 0 Å². The molecule has 0 radical (unpaired) electrons. The third-order valence-electron chi connectivity index (χ3n) is 5.38. The Hall–Kier alpha value is -0.760. The molecule has 5 nitrogen and oxygen atoms in total. The van der Waals surface area contributed by atoms with Gasteiger partial charge in [-0.3, -0.25) is 4.99 Å². The van der Waals surface area contributed by atoms with E-state index in [0.29, 0.717) is 5.92 Å². The Morgan fingerprint density at radius 1 is 1.23 bits per heavy atom. The van der Waals surface area contributed by atoms with Crippen molar-refractivity contribution in [2.75, 3.05) is 39.9 Å². The van der Waals surface area contributed by atoms with Crippen molar-refractivity contribution >= 4 is 29.9 Å². The fourth-order valence-electron chi connectivity index (χ4n) is 3.85. The van der Waals surface area contributed by atoms with Crippen LogP contribution in [0, 0.1) is 11.8 Å². The molecule has 1 atom stereocenters.